The molecule has 0 aliphatic rings. The van der Waals surface area contributed by atoms with Crippen LogP contribution in [0, 0.1) is 6.92 Å². The number of aryl methyl sites for hydroxylation is 1. The lowest BCUT2D eigenvalue weighted by atomic mass is 10.2. The molecule has 3 aromatic heterocycles. The SMILES string of the molecule is Cc1ccc(-c2cc(C(F)(F)F)n3ncc(Cl)c3n2)s1. The van der Waals surface area contributed by atoms with Crippen molar-refractivity contribution in [3.05, 3.63) is 40.0 Å². The summed E-state index contributed by atoms with van der Waals surface area (Å²) in [6.07, 6.45) is -3.37. The van der Waals surface area contributed by atoms with E-state index in [1.165, 1.54) is 11.3 Å². The number of aromatic nitrogens is 3. The van der Waals surface area contributed by atoms with Crippen LogP contribution in [-0.4, -0.2) is 14.6 Å². The topological polar surface area (TPSA) is 30.2 Å². The summed E-state index contributed by atoms with van der Waals surface area (Å²) >= 11 is 7.22. The van der Waals surface area contributed by atoms with E-state index in [-0.39, 0.29) is 16.4 Å². The summed E-state index contributed by atoms with van der Waals surface area (Å²) in [6, 6.07) is 4.56. The molecule has 0 saturated carbocycles. The maximum Gasteiger partial charge on any atom is 0.433 e. The third-order valence-corrected chi connectivity index (χ3v) is 4.00. The highest BCUT2D eigenvalue weighted by Gasteiger charge is 2.35. The van der Waals surface area contributed by atoms with Gasteiger partial charge in [-0.1, -0.05) is 11.6 Å². The van der Waals surface area contributed by atoms with Crippen LogP contribution in [0.15, 0.2) is 24.4 Å². The minimum atomic E-state index is -4.53. The van der Waals surface area contributed by atoms with E-state index in [4.69, 9.17) is 11.6 Å². The first-order chi connectivity index (χ1) is 9.36. The monoisotopic (exact) mass is 317 g/mol. The highest BCUT2D eigenvalue weighted by molar-refractivity contribution is 7.15. The summed E-state index contributed by atoms with van der Waals surface area (Å²) in [5.41, 5.74) is -0.650. The summed E-state index contributed by atoms with van der Waals surface area (Å²) in [7, 11) is 0. The zero-order chi connectivity index (χ0) is 14.5. The fourth-order valence-electron chi connectivity index (χ4n) is 1.84. The van der Waals surface area contributed by atoms with E-state index in [0.717, 1.165) is 17.1 Å². The molecule has 3 aromatic rings. The van der Waals surface area contributed by atoms with Gasteiger partial charge >= 0.3 is 6.18 Å². The summed E-state index contributed by atoms with van der Waals surface area (Å²) in [4.78, 5) is 5.83. The number of rotatable bonds is 1. The smallest absolute Gasteiger partial charge is 0.226 e. The van der Waals surface area contributed by atoms with Crippen LogP contribution >= 0.6 is 22.9 Å². The first-order valence-corrected chi connectivity index (χ1v) is 6.74. The highest BCUT2D eigenvalue weighted by Crippen LogP contribution is 2.35. The van der Waals surface area contributed by atoms with Gasteiger partial charge in [0.1, 0.15) is 5.02 Å². The molecule has 0 aliphatic heterocycles. The Balaban J connectivity index is 2.32. The number of alkyl halides is 3. The number of fused-ring (bicyclic) bond motifs is 1. The van der Waals surface area contributed by atoms with Crippen LogP contribution in [0.25, 0.3) is 16.2 Å². The lowest BCUT2D eigenvalue weighted by Crippen LogP contribution is -2.13. The Morgan fingerprint density at radius 1 is 1.30 bits per heavy atom. The molecule has 0 aliphatic carbocycles. The molecule has 104 valence electrons. The average Bonchev–Trinajstić information content (AvgIpc) is 2.94. The van der Waals surface area contributed by atoms with Gasteiger partial charge in [0.2, 0.25) is 0 Å². The molecule has 0 aromatic carbocycles. The molecule has 8 heteroatoms. The lowest BCUT2D eigenvalue weighted by molar-refractivity contribution is -0.142. The summed E-state index contributed by atoms with van der Waals surface area (Å²) in [5.74, 6) is 0. The molecule has 0 radical (unpaired) electrons. The zero-order valence-corrected chi connectivity index (χ0v) is 11.6. The molecule has 0 bridgehead atoms. The molecule has 3 nitrogen and oxygen atoms in total. The minimum Gasteiger partial charge on any atom is -0.226 e. The number of nitrogens with zero attached hydrogens (tertiary/aromatic N) is 3. The Morgan fingerprint density at radius 3 is 2.65 bits per heavy atom. The van der Waals surface area contributed by atoms with Crippen molar-refractivity contribution < 1.29 is 13.2 Å². The second kappa shape index (κ2) is 4.46. The Morgan fingerprint density at radius 2 is 2.05 bits per heavy atom. The van der Waals surface area contributed by atoms with E-state index in [9.17, 15) is 13.2 Å². The quantitative estimate of drug-likeness (QED) is 0.664. The van der Waals surface area contributed by atoms with E-state index in [1.807, 2.05) is 13.0 Å². The van der Waals surface area contributed by atoms with Crippen molar-refractivity contribution in [2.24, 2.45) is 0 Å². The minimum absolute atomic E-state index is 0.00236. The van der Waals surface area contributed by atoms with Crippen molar-refractivity contribution in [3.63, 3.8) is 0 Å². The first kappa shape index (κ1) is 13.4. The van der Waals surface area contributed by atoms with Crippen LogP contribution in [0.1, 0.15) is 10.6 Å². The van der Waals surface area contributed by atoms with E-state index in [2.05, 4.69) is 10.1 Å². The van der Waals surface area contributed by atoms with Gasteiger partial charge in [-0.15, -0.1) is 11.3 Å². The van der Waals surface area contributed by atoms with Crippen molar-refractivity contribution in [1.82, 2.24) is 14.6 Å². The second-order valence-corrected chi connectivity index (χ2v) is 5.86. The highest BCUT2D eigenvalue weighted by atomic mass is 35.5. The molecule has 3 rings (SSSR count). The van der Waals surface area contributed by atoms with E-state index in [1.54, 1.807) is 6.07 Å². The molecular formula is C12H7ClF3N3S. The Hall–Kier alpha value is -1.60. The van der Waals surface area contributed by atoms with Crippen LogP contribution in [0.2, 0.25) is 5.02 Å². The predicted octanol–water partition coefficient (Wildman–Crippen LogP) is 4.44. The molecule has 0 saturated heterocycles. The maximum absolute atomic E-state index is 13.1. The molecule has 20 heavy (non-hydrogen) atoms. The third kappa shape index (κ3) is 2.16. The van der Waals surface area contributed by atoms with Gasteiger partial charge in [0.05, 0.1) is 16.8 Å². The Kier molecular flexibility index (Phi) is 2.98. The van der Waals surface area contributed by atoms with Gasteiger partial charge in [-0.3, -0.25) is 0 Å². The average molecular weight is 318 g/mol. The Bertz CT molecular complexity index is 791. The van der Waals surface area contributed by atoms with E-state index < -0.39 is 11.9 Å². The fraction of sp³-hybridized carbons (Fsp3) is 0.167. The maximum atomic E-state index is 13.1. The summed E-state index contributed by atoms with van der Waals surface area (Å²) in [6.45, 7) is 1.88. The second-order valence-electron chi connectivity index (χ2n) is 4.16. The van der Waals surface area contributed by atoms with Crippen molar-refractivity contribution in [2.75, 3.05) is 0 Å². The van der Waals surface area contributed by atoms with Crippen molar-refractivity contribution in [1.29, 1.82) is 0 Å². The molecule has 0 unspecified atom stereocenters. The van der Waals surface area contributed by atoms with Gasteiger partial charge in [-0.2, -0.15) is 18.3 Å². The molecule has 0 atom stereocenters. The van der Waals surface area contributed by atoms with Crippen LogP contribution in [-0.2, 0) is 6.18 Å². The van der Waals surface area contributed by atoms with Gasteiger partial charge in [0.25, 0.3) is 0 Å². The number of hydrogen-bond acceptors (Lipinski definition) is 3. The largest absolute Gasteiger partial charge is 0.433 e. The number of halogens is 4. The van der Waals surface area contributed by atoms with Crippen molar-refractivity contribution in [3.8, 4) is 10.6 Å². The van der Waals surface area contributed by atoms with Gasteiger partial charge in [-0.05, 0) is 25.1 Å². The lowest BCUT2D eigenvalue weighted by Gasteiger charge is -2.10. The van der Waals surface area contributed by atoms with Gasteiger partial charge in [-0.25, -0.2) is 9.50 Å². The van der Waals surface area contributed by atoms with Gasteiger partial charge < -0.3 is 0 Å². The van der Waals surface area contributed by atoms with Crippen LogP contribution in [0.5, 0.6) is 0 Å². The van der Waals surface area contributed by atoms with Crippen LogP contribution in [0.3, 0.4) is 0 Å². The van der Waals surface area contributed by atoms with E-state index in [0.29, 0.717) is 9.39 Å². The summed E-state index contributed by atoms with van der Waals surface area (Å²) in [5, 5.41) is 3.72. The third-order valence-electron chi connectivity index (χ3n) is 2.71. The van der Waals surface area contributed by atoms with Crippen molar-refractivity contribution in [2.45, 2.75) is 13.1 Å². The van der Waals surface area contributed by atoms with Crippen LogP contribution in [0.4, 0.5) is 13.2 Å². The van der Waals surface area contributed by atoms with Gasteiger partial charge in [0, 0.05) is 4.88 Å². The number of thiophene rings is 1. The molecule has 0 N–H and O–H groups in total. The van der Waals surface area contributed by atoms with E-state index >= 15 is 0 Å². The normalized spacial score (nSPS) is 12.2. The summed E-state index contributed by atoms with van der Waals surface area (Å²) < 4.78 is 40.0. The predicted molar refractivity (Wildman–Crippen MR) is 71.0 cm³/mol. The molecular weight excluding hydrogens is 311 g/mol. The molecule has 3 heterocycles. The van der Waals surface area contributed by atoms with Gasteiger partial charge in [0.15, 0.2) is 11.3 Å². The molecule has 0 amide bonds. The Labute approximate surface area is 120 Å². The van der Waals surface area contributed by atoms with Crippen molar-refractivity contribution >= 4 is 28.6 Å². The zero-order valence-electron chi connectivity index (χ0n) is 10.1. The molecule has 0 fully saturated rings. The first-order valence-electron chi connectivity index (χ1n) is 5.54. The standard InChI is InChI=1S/C12H7ClF3N3S/c1-6-2-3-9(20-6)8-4-10(12(14,15)16)19-11(18-8)7(13)5-17-19/h2-5H,1H3. The fourth-order valence-corrected chi connectivity index (χ4v) is 2.83. The molecule has 0 spiro atoms. The number of hydrogen-bond donors (Lipinski definition) is 0. The van der Waals surface area contributed by atoms with Crippen LogP contribution < -0.4 is 0 Å².